The van der Waals surface area contributed by atoms with E-state index in [1.807, 2.05) is 92.6 Å². The molecule has 0 heterocycles. The fourth-order valence-corrected chi connectivity index (χ4v) is 2.54. The van der Waals surface area contributed by atoms with Gasteiger partial charge in [-0.05, 0) is 47.0 Å². The molecule has 0 atom stereocenters. The van der Waals surface area contributed by atoms with Gasteiger partial charge < -0.3 is 9.80 Å². The molecule has 0 aliphatic rings. The fraction of sp³-hybridized carbons (Fsp3) is 0.182. The molecule has 0 aliphatic heterocycles. The van der Waals surface area contributed by atoms with Crippen LogP contribution in [0.25, 0.3) is 5.57 Å². The van der Waals surface area contributed by atoms with Crippen molar-refractivity contribution in [2.75, 3.05) is 38.0 Å². The Kier molecular flexibility index (Phi) is 6.20. The van der Waals surface area contributed by atoms with Crippen molar-refractivity contribution in [1.29, 1.82) is 10.5 Å². The minimum absolute atomic E-state index is 0.330. The van der Waals surface area contributed by atoms with E-state index in [4.69, 9.17) is 5.26 Å². The normalized spacial score (nSPS) is 10.5. The SMILES string of the molecule is CN(C)c1ccc(C(=CC(C#N)=CC#N)c2ccc(N(C)C)cc2)cc1. The van der Waals surface area contributed by atoms with E-state index in [1.54, 1.807) is 6.08 Å². The molecule has 0 N–H and O–H groups in total. The van der Waals surface area contributed by atoms with Crippen molar-refractivity contribution in [3.05, 3.63) is 77.4 Å². The zero-order valence-corrected chi connectivity index (χ0v) is 15.6. The number of anilines is 2. The molecule has 2 aromatic carbocycles. The Hall–Kier alpha value is -3.50. The summed E-state index contributed by atoms with van der Waals surface area (Å²) < 4.78 is 0. The van der Waals surface area contributed by atoms with Crippen molar-refractivity contribution in [2.24, 2.45) is 0 Å². The number of allylic oxidation sites excluding steroid dienone is 3. The maximum absolute atomic E-state index is 9.31. The monoisotopic (exact) mass is 342 g/mol. The van der Waals surface area contributed by atoms with Crippen molar-refractivity contribution in [3.8, 4) is 12.1 Å². The van der Waals surface area contributed by atoms with Crippen molar-refractivity contribution in [1.82, 2.24) is 0 Å². The summed E-state index contributed by atoms with van der Waals surface area (Å²) >= 11 is 0. The Balaban J connectivity index is 2.56. The molecule has 4 nitrogen and oxygen atoms in total. The molecular formula is C22H22N4. The van der Waals surface area contributed by atoms with Gasteiger partial charge in [0.25, 0.3) is 0 Å². The molecule has 0 radical (unpaired) electrons. The Morgan fingerprint density at radius 2 is 1.19 bits per heavy atom. The molecule has 0 aliphatic carbocycles. The van der Waals surface area contributed by atoms with Gasteiger partial charge in [0.15, 0.2) is 0 Å². The zero-order chi connectivity index (χ0) is 19.1. The second kappa shape index (κ2) is 8.55. The summed E-state index contributed by atoms with van der Waals surface area (Å²) in [5.74, 6) is 0. The first-order chi connectivity index (χ1) is 12.5. The molecule has 0 unspecified atom stereocenters. The lowest BCUT2D eigenvalue weighted by Gasteiger charge is -2.16. The number of hydrogen-bond acceptors (Lipinski definition) is 4. The highest BCUT2D eigenvalue weighted by Gasteiger charge is 2.08. The number of benzene rings is 2. The molecule has 0 saturated carbocycles. The maximum Gasteiger partial charge on any atom is 0.0999 e. The van der Waals surface area contributed by atoms with E-state index in [-0.39, 0.29) is 0 Å². The Morgan fingerprint density at radius 3 is 1.50 bits per heavy atom. The van der Waals surface area contributed by atoms with E-state index < -0.39 is 0 Å². The summed E-state index contributed by atoms with van der Waals surface area (Å²) in [6.07, 6.45) is 3.03. The third kappa shape index (κ3) is 4.53. The van der Waals surface area contributed by atoms with Gasteiger partial charge in [-0.15, -0.1) is 0 Å². The van der Waals surface area contributed by atoms with E-state index in [1.165, 1.54) is 6.08 Å². The smallest absolute Gasteiger partial charge is 0.0999 e. The van der Waals surface area contributed by atoms with Gasteiger partial charge in [-0.1, -0.05) is 24.3 Å². The summed E-state index contributed by atoms with van der Waals surface area (Å²) in [5, 5.41) is 18.2. The zero-order valence-electron chi connectivity index (χ0n) is 15.6. The molecule has 4 heteroatoms. The van der Waals surface area contributed by atoms with E-state index >= 15 is 0 Å². The molecule has 0 fully saturated rings. The predicted molar refractivity (Wildman–Crippen MR) is 108 cm³/mol. The first kappa shape index (κ1) is 18.8. The summed E-state index contributed by atoms with van der Waals surface area (Å²) in [6, 6.07) is 20.3. The molecule has 0 bridgehead atoms. The molecule has 0 saturated heterocycles. The Labute approximate surface area is 155 Å². The summed E-state index contributed by atoms with van der Waals surface area (Å²) in [6.45, 7) is 0. The van der Waals surface area contributed by atoms with E-state index in [0.717, 1.165) is 28.1 Å². The largest absolute Gasteiger partial charge is 0.378 e. The van der Waals surface area contributed by atoms with E-state index in [0.29, 0.717) is 5.57 Å². The highest BCUT2D eigenvalue weighted by atomic mass is 15.1. The number of hydrogen-bond donors (Lipinski definition) is 0. The second-order valence-electron chi connectivity index (χ2n) is 6.28. The third-order valence-electron chi connectivity index (χ3n) is 4.04. The van der Waals surface area contributed by atoms with Gasteiger partial charge >= 0.3 is 0 Å². The molecule has 0 amide bonds. The quantitative estimate of drug-likeness (QED) is 0.603. The van der Waals surface area contributed by atoms with Crippen LogP contribution in [0, 0.1) is 22.7 Å². The highest BCUT2D eigenvalue weighted by Crippen LogP contribution is 2.28. The van der Waals surface area contributed by atoms with Crippen LogP contribution < -0.4 is 9.80 Å². The standard InChI is InChI=1S/C22H22N4/c1-25(2)20-9-5-18(6-10-20)22(15-17(16-24)13-14-23)19-7-11-21(12-8-19)26(3)4/h5-13,15H,1-4H3. The third-order valence-corrected chi connectivity index (χ3v) is 4.04. The number of rotatable bonds is 5. The van der Waals surface area contributed by atoms with Crippen LogP contribution in [0.2, 0.25) is 0 Å². The van der Waals surface area contributed by atoms with Gasteiger partial charge in [-0.3, -0.25) is 0 Å². The van der Waals surface area contributed by atoms with Gasteiger partial charge in [-0.2, -0.15) is 10.5 Å². The molecular weight excluding hydrogens is 320 g/mol. The molecule has 0 aromatic heterocycles. The summed E-state index contributed by atoms with van der Waals surface area (Å²) in [7, 11) is 7.98. The molecule has 0 spiro atoms. The van der Waals surface area contributed by atoms with E-state index in [2.05, 4.69) is 6.07 Å². The number of nitrogens with zero attached hydrogens (tertiary/aromatic N) is 4. The number of nitriles is 2. The van der Waals surface area contributed by atoms with Crippen LogP contribution in [0.1, 0.15) is 11.1 Å². The molecule has 26 heavy (non-hydrogen) atoms. The average Bonchev–Trinajstić information content (AvgIpc) is 2.65. The second-order valence-corrected chi connectivity index (χ2v) is 6.28. The average molecular weight is 342 g/mol. The van der Waals surface area contributed by atoms with Crippen molar-refractivity contribution in [2.45, 2.75) is 0 Å². The lowest BCUT2D eigenvalue weighted by atomic mass is 9.95. The Bertz CT molecular complexity index is 834. The predicted octanol–water partition coefficient (Wildman–Crippen LogP) is 4.22. The van der Waals surface area contributed by atoms with Crippen LogP contribution in [-0.4, -0.2) is 28.2 Å². The van der Waals surface area contributed by atoms with Crippen molar-refractivity contribution in [3.63, 3.8) is 0 Å². The van der Waals surface area contributed by atoms with Gasteiger partial charge in [0.05, 0.1) is 17.7 Å². The Morgan fingerprint density at radius 1 is 0.769 bits per heavy atom. The van der Waals surface area contributed by atoms with Crippen LogP contribution in [0.5, 0.6) is 0 Å². The van der Waals surface area contributed by atoms with Gasteiger partial charge in [0, 0.05) is 45.6 Å². The van der Waals surface area contributed by atoms with Crippen LogP contribution in [0.4, 0.5) is 11.4 Å². The first-order valence-corrected chi connectivity index (χ1v) is 8.23. The van der Waals surface area contributed by atoms with Crippen LogP contribution >= 0.6 is 0 Å². The van der Waals surface area contributed by atoms with Gasteiger partial charge in [0.2, 0.25) is 0 Å². The fourth-order valence-electron chi connectivity index (χ4n) is 2.54. The van der Waals surface area contributed by atoms with Gasteiger partial charge in [0.1, 0.15) is 0 Å². The summed E-state index contributed by atoms with van der Waals surface area (Å²) in [5.41, 5.74) is 5.42. The topological polar surface area (TPSA) is 54.1 Å². The van der Waals surface area contributed by atoms with E-state index in [9.17, 15) is 5.26 Å². The molecule has 130 valence electrons. The van der Waals surface area contributed by atoms with Crippen molar-refractivity contribution >= 4 is 16.9 Å². The lowest BCUT2D eigenvalue weighted by Crippen LogP contribution is -2.08. The first-order valence-electron chi connectivity index (χ1n) is 8.23. The molecule has 2 aromatic rings. The van der Waals surface area contributed by atoms with Crippen LogP contribution in [-0.2, 0) is 0 Å². The van der Waals surface area contributed by atoms with Crippen molar-refractivity contribution < 1.29 is 0 Å². The summed E-state index contributed by atoms with van der Waals surface area (Å²) in [4.78, 5) is 4.07. The van der Waals surface area contributed by atoms with Crippen LogP contribution in [0.3, 0.4) is 0 Å². The maximum atomic E-state index is 9.31. The van der Waals surface area contributed by atoms with Gasteiger partial charge in [-0.25, -0.2) is 0 Å². The molecule has 2 rings (SSSR count). The minimum atomic E-state index is 0.330. The highest BCUT2D eigenvalue weighted by molar-refractivity contribution is 5.83. The van der Waals surface area contributed by atoms with Crippen LogP contribution in [0.15, 0.2) is 66.3 Å². The minimum Gasteiger partial charge on any atom is -0.378 e. The lowest BCUT2D eigenvalue weighted by molar-refractivity contribution is 1.13.